The average Bonchev–Trinajstić information content (AvgIpc) is 3.30. The standard InChI is InChI=1S/C19H14N6O6S/c1-9-6-14(26)15(18(28)31-9)13-8-32-19(20-13)24-17(27)16(10(2)23-24)22-21-11-4-3-5-12(7-11)25(29)30/h3-8,23,26H,1-2H3. The predicted octanol–water partition coefficient (Wildman–Crippen LogP) is 3.89. The van der Waals surface area contributed by atoms with Crippen molar-refractivity contribution in [2.24, 2.45) is 10.2 Å². The number of nitro benzene ring substituents is 1. The van der Waals surface area contributed by atoms with Crippen LogP contribution in [0.2, 0.25) is 0 Å². The first-order valence-corrected chi connectivity index (χ1v) is 9.90. The van der Waals surface area contributed by atoms with E-state index < -0.39 is 16.1 Å². The predicted molar refractivity (Wildman–Crippen MR) is 114 cm³/mol. The van der Waals surface area contributed by atoms with E-state index in [0.29, 0.717) is 5.69 Å². The van der Waals surface area contributed by atoms with Crippen LogP contribution in [0, 0.1) is 24.0 Å². The van der Waals surface area contributed by atoms with Crippen LogP contribution in [-0.2, 0) is 0 Å². The molecular formula is C19H14N6O6S. The summed E-state index contributed by atoms with van der Waals surface area (Å²) in [4.78, 5) is 39.5. The number of hydrogen-bond acceptors (Lipinski definition) is 10. The third-order valence-corrected chi connectivity index (χ3v) is 5.17. The maximum atomic E-state index is 12.8. The van der Waals surface area contributed by atoms with Gasteiger partial charge in [-0.2, -0.15) is 9.80 Å². The van der Waals surface area contributed by atoms with E-state index >= 15 is 0 Å². The Morgan fingerprint density at radius 1 is 1.25 bits per heavy atom. The Morgan fingerprint density at radius 3 is 2.75 bits per heavy atom. The first-order chi connectivity index (χ1) is 15.2. The Hall–Kier alpha value is -4.39. The van der Waals surface area contributed by atoms with E-state index in [0.717, 1.165) is 16.0 Å². The number of aromatic amines is 1. The van der Waals surface area contributed by atoms with Gasteiger partial charge in [-0.3, -0.25) is 20.0 Å². The van der Waals surface area contributed by atoms with Gasteiger partial charge in [-0.1, -0.05) is 6.07 Å². The Bertz CT molecular complexity index is 1490. The molecule has 0 unspecified atom stereocenters. The highest BCUT2D eigenvalue weighted by atomic mass is 32.1. The fourth-order valence-electron chi connectivity index (χ4n) is 2.88. The van der Waals surface area contributed by atoms with Crippen LogP contribution in [-0.4, -0.2) is 24.8 Å². The minimum Gasteiger partial charge on any atom is -0.507 e. The van der Waals surface area contributed by atoms with Gasteiger partial charge in [-0.05, 0) is 19.9 Å². The highest BCUT2D eigenvalue weighted by Gasteiger charge is 2.19. The van der Waals surface area contributed by atoms with E-state index in [2.05, 4.69) is 20.3 Å². The lowest BCUT2D eigenvalue weighted by Crippen LogP contribution is -2.14. The molecule has 2 N–H and O–H groups in total. The van der Waals surface area contributed by atoms with E-state index in [1.54, 1.807) is 6.92 Å². The van der Waals surface area contributed by atoms with E-state index in [1.807, 2.05) is 0 Å². The fourth-order valence-corrected chi connectivity index (χ4v) is 3.65. The number of nitrogens with one attached hydrogen (secondary N) is 1. The van der Waals surface area contributed by atoms with E-state index in [1.165, 1.54) is 42.6 Å². The second-order valence-electron chi connectivity index (χ2n) is 6.62. The van der Waals surface area contributed by atoms with Crippen LogP contribution in [0.5, 0.6) is 5.75 Å². The van der Waals surface area contributed by atoms with E-state index in [4.69, 9.17) is 4.42 Å². The summed E-state index contributed by atoms with van der Waals surface area (Å²) in [5, 5.41) is 33.4. The molecule has 0 atom stereocenters. The summed E-state index contributed by atoms with van der Waals surface area (Å²) < 4.78 is 6.13. The van der Waals surface area contributed by atoms with Crippen molar-refractivity contribution in [2.45, 2.75) is 13.8 Å². The van der Waals surface area contributed by atoms with Gasteiger partial charge >= 0.3 is 11.2 Å². The number of hydrogen-bond donors (Lipinski definition) is 2. The summed E-state index contributed by atoms with van der Waals surface area (Å²) in [6.45, 7) is 3.14. The van der Waals surface area contributed by atoms with Crippen molar-refractivity contribution >= 4 is 28.4 Å². The second-order valence-corrected chi connectivity index (χ2v) is 7.46. The number of thiazole rings is 1. The van der Waals surface area contributed by atoms with E-state index in [-0.39, 0.29) is 45.0 Å². The Morgan fingerprint density at radius 2 is 2.03 bits per heavy atom. The molecule has 4 aromatic rings. The molecule has 162 valence electrons. The number of aromatic nitrogens is 3. The van der Waals surface area contributed by atoms with E-state index in [9.17, 15) is 24.8 Å². The zero-order valence-corrected chi connectivity index (χ0v) is 17.4. The summed E-state index contributed by atoms with van der Waals surface area (Å²) in [7, 11) is 0. The Kier molecular flexibility index (Phi) is 5.24. The highest BCUT2D eigenvalue weighted by Crippen LogP contribution is 2.29. The molecule has 0 aliphatic rings. The normalized spacial score (nSPS) is 11.3. The maximum Gasteiger partial charge on any atom is 0.349 e. The third-order valence-electron chi connectivity index (χ3n) is 4.34. The summed E-state index contributed by atoms with van der Waals surface area (Å²) in [5.41, 5.74) is -0.828. The molecule has 0 fully saturated rings. The molecule has 1 aromatic carbocycles. The van der Waals surface area contributed by atoms with Crippen molar-refractivity contribution in [3.8, 4) is 22.1 Å². The van der Waals surface area contributed by atoms with Crippen LogP contribution in [0.15, 0.2) is 59.9 Å². The molecule has 0 aliphatic heterocycles. The smallest absolute Gasteiger partial charge is 0.349 e. The van der Waals surface area contributed by atoms with Crippen molar-refractivity contribution in [2.75, 3.05) is 0 Å². The number of nitro groups is 1. The highest BCUT2D eigenvalue weighted by molar-refractivity contribution is 7.12. The fraction of sp³-hybridized carbons (Fsp3) is 0.105. The number of aryl methyl sites for hydroxylation is 2. The zero-order chi connectivity index (χ0) is 23.0. The zero-order valence-electron chi connectivity index (χ0n) is 16.6. The van der Waals surface area contributed by atoms with Gasteiger partial charge in [-0.15, -0.1) is 16.5 Å². The molecule has 32 heavy (non-hydrogen) atoms. The van der Waals surface area contributed by atoms with Crippen LogP contribution >= 0.6 is 11.3 Å². The van der Waals surface area contributed by atoms with Gasteiger partial charge in [0, 0.05) is 23.6 Å². The van der Waals surface area contributed by atoms with Crippen molar-refractivity contribution < 1.29 is 14.4 Å². The van der Waals surface area contributed by atoms with Crippen LogP contribution in [0.4, 0.5) is 17.1 Å². The van der Waals surface area contributed by atoms with Crippen LogP contribution in [0.1, 0.15) is 11.5 Å². The van der Waals surface area contributed by atoms with Crippen LogP contribution < -0.4 is 11.2 Å². The number of H-pyrrole nitrogens is 1. The van der Waals surface area contributed by atoms with Gasteiger partial charge < -0.3 is 9.52 Å². The lowest BCUT2D eigenvalue weighted by Gasteiger charge is -2.00. The molecule has 13 heteroatoms. The molecule has 0 saturated carbocycles. The molecule has 0 radical (unpaired) electrons. The minimum absolute atomic E-state index is 0.00838. The van der Waals surface area contributed by atoms with Crippen molar-refractivity contribution in [1.29, 1.82) is 0 Å². The summed E-state index contributed by atoms with van der Waals surface area (Å²) in [6.07, 6.45) is 0. The second kappa shape index (κ2) is 8.03. The lowest BCUT2D eigenvalue weighted by atomic mass is 10.2. The molecule has 0 bridgehead atoms. The van der Waals surface area contributed by atoms with Gasteiger partial charge in [0.25, 0.3) is 5.69 Å². The topological polar surface area (TPSA) is 169 Å². The minimum atomic E-state index is -0.749. The SMILES string of the molecule is Cc1cc(O)c(-c2csc(-n3[nH]c(C)c(N=Nc4cccc([N+](=O)[O-])c4)c3=O)n2)c(=O)o1. The monoisotopic (exact) mass is 454 g/mol. The number of nitrogens with zero attached hydrogens (tertiary/aromatic N) is 5. The number of non-ortho nitro benzene ring substituents is 1. The molecule has 3 aromatic heterocycles. The van der Waals surface area contributed by atoms with Crippen molar-refractivity contribution in [3.63, 3.8) is 0 Å². The number of benzene rings is 1. The van der Waals surface area contributed by atoms with Crippen molar-refractivity contribution in [1.82, 2.24) is 14.8 Å². The molecular weight excluding hydrogens is 440 g/mol. The van der Waals surface area contributed by atoms with Crippen LogP contribution in [0.25, 0.3) is 16.4 Å². The largest absolute Gasteiger partial charge is 0.507 e. The molecule has 4 rings (SSSR count). The average molecular weight is 454 g/mol. The first kappa shape index (κ1) is 20.9. The summed E-state index contributed by atoms with van der Waals surface area (Å²) >= 11 is 1.06. The van der Waals surface area contributed by atoms with Gasteiger partial charge in [0.05, 0.1) is 22.0 Å². The van der Waals surface area contributed by atoms with Gasteiger partial charge in [0.1, 0.15) is 17.1 Å². The van der Waals surface area contributed by atoms with Gasteiger partial charge in [0.15, 0.2) is 5.69 Å². The van der Waals surface area contributed by atoms with Crippen LogP contribution in [0.3, 0.4) is 0 Å². The molecule has 0 saturated heterocycles. The lowest BCUT2D eigenvalue weighted by molar-refractivity contribution is -0.384. The Labute approximate surface area is 182 Å². The number of rotatable bonds is 5. The summed E-state index contributed by atoms with van der Waals surface area (Å²) in [6, 6.07) is 6.83. The number of aromatic hydroxyl groups is 1. The first-order valence-electron chi connectivity index (χ1n) is 9.02. The maximum absolute atomic E-state index is 12.8. The molecule has 0 aliphatic carbocycles. The van der Waals surface area contributed by atoms with Gasteiger partial charge in [0.2, 0.25) is 5.13 Å². The van der Waals surface area contributed by atoms with Crippen molar-refractivity contribution in [3.05, 3.63) is 78.1 Å². The molecule has 0 amide bonds. The molecule has 12 nitrogen and oxygen atoms in total. The van der Waals surface area contributed by atoms with Gasteiger partial charge in [-0.25, -0.2) is 9.78 Å². The molecule has 0 spiro atoms. The summed E-state index contributed by atoms with van der Waals surface area (Å²) in [5.74, 6) is -0.0290. The Balaban J connectivity index is 1.69. The number of azo groups is 1. The quantitative estimate of drug-likeness (QED) is 0.262. The molecule has 3 heterocycles. The third kappa shape index (κ3) is 3.83.